The molecule has 1 heterocycles. The number of likely N-dealkylation sites (tertiary alicyclic amines) is 1. The fraction of sp³-hybridized carbons (Fsp3) is 0.571. The summed E-state index contributed by atoms with van der Waals surface area (Å²) in [7, 11) is 0. The van der Waals surface area contributed by atoms with E-state index in [1.165, 1.54) is 0 Å². The Hall–Kier alpha value is -0.980. The van der Waals surface area contributed by atoms with E-state index in [0.29, 0.717) is 22.9 Å². The van der Waals surface area contributed by atoms with E-state index in [9.17, 15) is 15.2 Å². The highest BCUT2D eigenvalue weighted by atomic mass is 79.9. The van der Waals surface area contributed by atoms with Crippen molar-refractivity contribution < 1.29 is 10.0 Å². The Labute approximate surface area is 125 Å². The maximum atomic E-state index is 10.9. The summed E-state index contributed by atoms with van der Waals surface area (Å²) in [6.07, 6.45) is 1.86. The van der Waals surface area contributed by atoms with Gasteiger partial charge < -0.3 is 5.11 Å². The quantitative estimate of drug-likeness (QED) is 0.678. The number of nitrogens with zero attached hydrogens (tertiary/aromatic N) is 2. The molecule has 1 aliphatic heterocycles. The zero-order valence-corrected chi connectivity index (χ0v) is 12.6. The van der Waals surface area contributed by atoms with Crippen LogP contribution >= 0.6 is 15.9 Å². The van der Waals surface area contributed by atoms with E-state index >= 15 is 0 Å². The van der Waals surface area contributed by atoms with Crippen molar-refractivity contribution >= 4 is 21.6 Å². The van der Waals surface area contributed by atoms with Crippen LogP contribution in [0.2, 0.25) is 0 Å². The topological polar surface area (TPSA) is 66.6 Å². The van der Waals surface area contributed by atoms with Gasteiger partial charge in [0.1, 0.15) is 0 Å². The standard InChI is InChI=1S/C14H17BrN2O3/c15-12-3-1-9(5-13(12)17(19)20)6-16-7-10-2-4-14(18)11(10)8-16/h1,3,5,10-11,14,18H,2,4,6-8H2. The maximum absolute atomic E-state index is 10.9. The molecule has 0 radical (unpaired) electrons. The Balaban J connectivity index is 1.70. The molecule has 2 aliphatic rings. The zero-order chi connectivity index (χ0) is 14.3. The van der Waals surface area contributed by atoms with Crippen LogP contribution < -0.4 is 0 Å². The summed E-state index contributed by atoms with van der Waals surface area (Å²) in [6, 6.07) is 5.29. The number of nitro benzene ring substituents is 1. The Kier molecular flexibility index (Phi) is 3.79. The molecule has 1 aliphatic carbocycles. The molecular weight excluding hydrogens is 324 g/mol. The number of halogens is 1. The third-order valence-corrected chi connectivity index (χ3v) is 5.18. The molecule has 0 spiro atoms. The van der Waals surface area contributed by atoms with Crippen LogP contribution in [0.1, 0.15) is 18.4 Å². The number of fused-ring (bicyclic) bond motifs is 1. The number of nitro groups is 1. The van der Waals surface area contributed by atoms with E-state index in [1.807, 2.05) is 6.07 Å². The summed E-state index contributed by atoms with van der Waals surface area (Å²) in [4.78, 5) is 12.9. The second kappa shape index (κ2) is 5.42. The molecule has 0 bridgehead atoms. The van der Waals surface area contributed by atoms with Crippen LogP contribution in [0.5, 0.6) is 0 Å². The van der Waals surface area contributed by atoms with Crippen molar-refractivity contribution in [2.45, 2.75) is 25.5 Å². The normalized spacial score (nSPS) is 29.6. The van der Waals surface area contributed by atoms with Gasteiger partial charge in [-0.2, -0.15) is 0 Å². The second-order valence-corrected chi connectivity index (χ2v) is 6.66. The van der Waals surface area contributed by atoms with Crippen molar-refractivity contribution in [3.8, 4) is 0 Å². The summed E-state index contributed by atoms with van der Waals surface area (Å²) in [5.74, 6) is 0.982. The molecule has 2 fully saturated rings. The number of aliphatic hydroxyl groups is 1. The Morgan fingerprint density at radius 1 is 1.40 bits per heavy atom. The van der Waals surface area contributed by atoms with Gasteiger partial charge in [-0.15, -0.1) is 0 Å². The molecule has 3 unspecified atom stereocenters. The van der Waals surface area contributed by atoms with Gasteiger partial charge >= 0.3 is 0 Å². The Morgan fingerprint density at radius 2 is 2.20 bits per heavy atom. The largest absolute Gasteiger partial charge is 0.393 e. The molecule has 3 rings (SSSR count). The van der Waals surface area contributed by atoms with E-state index in [2.05, 4.69) is 20.8 Å². The summed E-state index contributed by atoms with van der Waals surface area (Å²) in [6.45, 7) is 2.61. The van der Waals surface area contributed by atoms with Gasteiger partial charge in [0.15, 0.2) is 0 Å². The van der Waals surface area contributed by atoms with Crippen molar-refractivity contribution in [2.75, 3.05) is 13.1 Å². The fourth-order valence-corrected chi connectivity index (χ4v) is 3.90. The lowest BCUT2D eigenvalue weighted by Crippen LogP contribution is -2.24. The summed E-state index contributed by atoms with van der Waals surface area (Å²) in [5.41, 5.74) is 1.07. The van der Waals surface area contributed by atoms with Crippen LogP contribution in [0.4, 0.5) is 5.69 Å². The lowest BCUT2D eigenvalue weighted by atomic mass is 10.00. The van der Waals surface area contributed by atoms with E-state index < -0.39 is 0 Å². The molecule has 1 saturated carbocycles. The monoisotopic (exact) mass is 340 g/mol. The number of rotatable bonds is 3. The van der Waals surface area contributed by atoms with Gasteiger partial charge in [0, 0.05) is 31.6 Å². The average molecular weight is 341 g/mol. The first-order chi connectivity index (χ1) is 9.54. The van der Waals surface area contributed by atoms with Crippen LogP contribution in [0.3, 0.4) is 0 Å². The van der Waals surface area contributed by atoms with Crippen molar-refractivity contribution in [1.29, 1.82) is 0 Å². The van der Waals surface area contributed by atoms with Gasteiger partial charge in [-0.05, 0) is 46.3 Å². The molecule has 0 amide bonds. The third kappa shape index (κ3) is 2.60. The molecule has 1 aromatic carbocycles. The lowest BCUT2D eigenvalue weighted by Gasteiger charge is -2.18. The van der Waals surface area contributed by atoms with Crippen molar-refractivity contribution in [3.63, 3.8) is 0 Å². The highest BCUT2D eigenvalue weighted by molar-refractivity contribution is 9.10. The molecule has 0 aromatic heterocycles. The first-order valence-electron chi connectivity index (χ1n) is 6.88. The van der Waals surface area contributed by atoms with Crippen molar-refractivity contribution in [2.24, 2.45) is 11.8 Å². The lowest BCUT2D eigenvalue weighted by molar-refractivity contribution is -0.385. The average Bonchev–Trinajstić information content (AvgIpc) is 2.94. The van der Waals surface area contributed by atoms with E-state index in [1.54, 1.807) is 12.1 Å². The van der Waals surface area contributed by atoms with Crippen LogP contribution in [-0.2, 0) is 6.54 Å². The first-order valence-corrected chi connectivity index (χ1v) is 7.67. The van der Waals surface area contributed by atoms with Crippen LogP contribution in [0, 0.1) is 22.0 Å². The van der Waals surface area contributed by atoms with Gasteiger partial charge in [-0.25, -0.2) is 0 Å². The van der Waals surface area contributed by atoms with Crippen LogP contribution in [-0.4, -0.2) is 34.1 Å². The molecule has 20 heavy (non-hydrogen) atoms. The highest BCUT2D eigenvalue weighted by Crippen LogP contribution is 2.38. The first kappa shape index (κ1) is 14.0. The molecule has 1 N–H and O–H groups in total. The smallest absolute Gasteiger partial charge is 0.283 e. The molecular formula is C14H17BrN2O3. The van der Waals surface area contributed by atoms with Crippen molar-refractivity contribution in [1.82, 2.24) is 4.90 Å². The molecule has 6 heteroatoms. The van der Waals surface area contributed by atoms with Gasteiger partial charge in [0.25, 0.3) is 5.69 Å². The zero-order valence-electron chi connectivity index (χ0n) is 11.0. The van der Waals surface area contributed by atoms with E-state index in [4.69, 9.17) is 0 Å². The highest BCUT2D eigenvalue weighted by Gasteiger charge is 2.41. The Morgan fingerprint density at radius 3 is 2.90 bits per heavy atom. The summed E-state index contributed by atoms with van der Waals surface area (Å²) in [5, 5.41) is 20.9. The predicted molar refractivity (Wildman–Crippen MR) is 78.3 cm³/mol. The van der Waals surface area contributed by atoms with Gasteiger partial charge in [-0.1, -0.05) is 6.07 Å². The van der Waals surface area contributed by atoms with Gasteiger partial charge in [0.05, 0.1) is 15.5 Å². The summed E-state index contributed by atoms with van der Waals surface area (Å²) < 4.78 is 0.514. The molecule has 5 nitrogen and oxygen atoms in total. The third-order valence-electron chi connectivity index (χ3n) is 4.51. The fourth-order valence-electron chi connectivity index (χ4n) is 3.51. The number of hydrogen-bond donors (Lipinski definition) is 1. The minimum Gasteiger partial charge on any atom is -0.393 e. The molecule has 1 saturated heterocycles. The predicted octanol–water partition coefficient (Wildman–Crippen LogP) is 2.56. The van der Waals surface area contributed by atoms with Crippen LogP contribution in [0.15, 0.2) is 22.7 Å². The van der Waals surface area contributed by atoms with E-state index in [-0.39, 0.29) is 16.7 Å². The molecule has 1 aromatic rings. The second-order valence-electron chi connectivity index (χ2n) is 5.81. The van der Waals surface area contributed by atoms with Crippen molar-refractivity contribution in [3.05, 3.63) is 38.3 Å². The van der Waals surface area contributed by atoms with E-state index in [0.717, 1.165) is 31.5 Å². The molecule has 108 valence electrons. The number of benzene rings is 1. The number of hydrogen-bond acceptors (Lipinski definition) is 4. The van der Waals surface area contributed by atoms with Crippen LogP contribution in [0.25, 0.3) is 0 Å². The number of aliphatic hydroxyl groups excluding tert-OH is 1. The molecule has 3 atom stereocenters. The minimum absolute atomic E-state index is 0.113. The summed E-state index contributed by atoms with van der Waals surface area (Å²) >= 11 is 3.20. The maximum Gasteiger partial charge on any atom is 0.283 e. The SMILES string of the molecule is O=[N+]([O-])c1cc(CN2CC3CCC(O)C3C2)ccc1Br. The van der Waals surface area contributed by atoms with Gasteiger partial charge in [-0.3, -0.25) is 15.0 Å². The Bertz CT molecular complexity index is 537. The van der Waals surface area contributed by atoms with Gasteiger partial charge in [0.2, 0.25) is 0 Å². The minimum atomic E-state index is -0.365.